The second-order valence-corrected chi connectivity index (χ2v) is 8.27. The normalized spacial score (nSPS) is 16.2. The molecular weight excluding hydrogens is 396 g/mol. The number of hydrogen-bond donors (Lipinski definition) is 1. The number of anilines is 1. The van der Waals surface area contributed by atoms with E-state index in [9.17, 15) is 4.79 Å². The van der Waals surface area contributed by atoms with Crippen molar-refractivity contribution in [2.75, 3.05) is 11.9 Å². The van der Waals surface area contributed by atoms with Gasteiger partial charge in [-0.1, -0.05) is 30.3 Å². The third-order valence-corrected chi connectivity index (χ3v) is 6.11. The predicted molar refractivity (Wildman–Crippen MR) is 119 cm³/mol. The van der Waals surface area contributed by atoms with Crippen LogP contribution in [0.5, 0.6) is 5.75 Å². The topological polar surface area (TPSA) is 68.0 Å². The summed E-state index contributed by atoms with van der Waals surface area (Å²) >= 11 is 1.58. The summed E-state index contributed by atoms with van der Waals surface area (Å²) in [6, 6.07) is 16.1. The van der Waals surface area contributed by atoms with Crippen molar-refractivity contribution in [2.45, 2.75) is 32.2 Å². The largest absolute Gasteiger partial charge is 0.482 e. The van der Waals surface area contributed by atoms with Crippen LogP contribution in [0.2, 0.25) is 0 Å². The molecule has 0 unspecified atom stereocenters. The van der Waals surface area contributed by atoms with Gasteiger partial charge in [0.15, 0.2) is 6.61 Å². The van der Waals surface area contributed by atoms with Gasteiger partial charge in [-0.25, -0.2) is 4.68 Å². The van der Waals surface area contributed by atoms with E-state index in [1.807, 2.05) is 41.1 Å². The SMILES string of the molecule is O=C1COc2ccc(-c3csc(=NCc4ccccc4)n3N=C3CCCC3)cc2N1. The van der Waals surface area contributed by atoms with Gasteiger partial charge in [0.05, 0.1) is 17.9 Å². The zero-order chi connectivity index (χ0) is 20.3. The molecule has 1 aliphatic carbocycles. The van der Waals surface area contributed by atoms with Crippen LogP contribution >= 0.6 is 11.3 Å². The summed E-state index contributed by atoms with van der Waals surface area (Å²) in [5, 5.41) is 9.93. The maximum absolute atomic E-state index is 11.7. The fourth-order valence-corrected chi connectivity index (χ4v) is 4.54. The molecule has 1 fully saturated rings. The van der Waals surface area contributed by atoms with Gasteiger partial charge in [0, 0.05) is 16.7 Å². The minimum absolute atomic E-state index is 0.0565. The first-order valence-corrected chi connectivity index (χ1v) is 11.0. The summed E-state index contributed by atoms with van der Waals surface area (Å²) in [4.78, 5) is 17.4. The van der Waals surface area contributed by atoms with Gasteiger partial charge in [-0.2, -0.15) is 5.10 Å². The molecule has 6 nitrogen and oxygen atoms in total. The molecule has 1 aromatic heterocycles. The molecule has 0 bridgehead atoms. The van der Waals surface area contributed by atoms with E-state index in [0.29, 0.717) is 18.0 Å². The lowest BCUT2D eigenvalue weighted by atomic mass is 10.1. The van der Waals surface area contributed by atoms with Crippen LogP contribution in [-0.4, -0.2) is 22.9 Å². The van der Waals surface area contributed by atoms with Crippen molar-refractivity contribution in [3.8, 4) is 17.0 Å². The Hall–Kier alpha value is -3.19. The molecule has 2 heterocycles. The third-order valence-electron chi connectivity index (χ3n) is 5.26. The quantitative estimate of drug-likeness (QED) is 0.681. The highest BCUT2D eigenvalue weighted by molar-refractivity contribution is 7.07. The Balaban J connectivity index is 1.57. The van der Waals surface area contributed by atoms with Crippen molar-refractivity contribution < 1.29 is 9.53 Å². The minimum atomic E-state index is -0.136. The van der Waals surface area contributed by atoms with E-state index < -0.39 is 0 Å². The highest BCUT2D eigenvalue weighted by Gasteiger charge is 2.18. The van der Waals surface area contributed by atoms with Crippen LogP contribution in [0.4, 0.5) is 5.69 Å². The van der Waals surface area contributed by atoms with Crippen molar-refractivity contribution in [2.24, 2.45) is 10.1 Å². The molecule has 2 aromatic carbocycles. The monoisotopic (exact) mass is 418 g/mol. The average Bonchev–Trinajstić information content (AvgIpc) is 3.43. The number of fused-ring (bicyclic) bond motifs is 1. The van der Waals surface area contributed by atoms with Crippen molar-refractivity contribution >= 4 is 28.6 Å². The van der Waals surface area contributed by atoms with Crippen LogP contribution in [0.15, 0.2) is 64.0 Å². The number of ether oxygens (including phenoxy) is 1. The molecule has 0 atom stereocenters. The molecule has 0 spiro atoms. The molecule has 1 aliphatic heterocycles. The summed E-state index contributed by atoms with van der Waals surface area (Å²) in [5.41, 5.74) is 5.01. The lowest BCUT2D eigenvalue weighted by Crippen LogP contribution is -2.25. The van der Waals surface area contributed by atoms with Crippen molar-refractivity contribution in [1.29, 1.82) is 0 Å². The highest BCUT2D eigenvalue weighted by atomic mass is 32.1. The van der Waals surface area contributed by atoms with Gasteiger partial charge in [-0.05, 0) is 49.4 Å². The van der Waals surface area contributed by atoms with Crippen molar-refractivity contribution in [3.63, 3.8) is 0 Å². The number of hydrogen-bond acceptors (Lipinski definition) is 5. The van der Waals surface area contributed by atoms with E-state index in [2.05, 4.69) is 22.8 Å². The molecule has 1 amide bonds. The number of nitrogens with zero attached hydrogens (tertiary/aromatic N) is 3. The molecule has 3 aromatic rings. The van der Waals surface area contributed by atoms with Gasteiger partial charge < -0.3 is 10.1 Å². The number of rotatable bonds is 4. The number of thiazole rings is 1. The van der Waals surface area contributed by atoms with E-state index in [0.717, 1.165) is 28.9 Å². The summed E-state index contributed by atoms with van der Waals surface area (Å²) < 4.78 is 7.45. The molecule has 1 saturated carbocycles. The van der Waals surface area contributed by atoms with E-state index in [4.69, 9.17) is 14.8 Å². The second-order valence-electron chi connectivity index (χ2n) is 7.44. The zero-order valence-corrected chi connectivity index (χ0v) is 17.3. The van der Waals surface area contributed by atoms with E-state index >= 15 is 0 Å². The fourth-order valence-electron chi connectivity index (χ4n) is 3.71. The Morgan fingerprint density at radius 2 is 1.93 bits per heavy atom. The number of carbonyl (C=O) groups excluding carboxylic acids is 1. The van der Waals surface area contributed by atoms with Gasteiger partial charge in [0.25, 0.3) is 5.91 Å². The number of aromatic nitrogens is 1. The number of carbonyl (C=O) groups is 1. The molecule has 2 aliphatic rings. The Labute approximate surface area is 178 Å². The Bertz CT molecular complexity index is 1170. The minimum Gasteiger partial charge on any atom is -0.482 e. The number of nitrogens with one attached hydrogen (secondary N) is 1. The summed E-state index contributed by atoms with van der Waals surface area (Å²) in [7, 11) is 0. The first-order chi connectivity index (χ1) is 14.8. The molecule has 5 rings (SSSR count). The molecule has 152 valence electrons. The highest BCUT2D eigenvalue weighted by Crippen LogP contribution is 2.33. The van der Waals surface area contributed by atoms with Crippen LogP contribution in [0, 0.1) is 0 Å². The molecule has 30 heavy (non-hydrogen) atoms. The molecule has 0 radical (unpaired) electrons. The maximum atomic E-state index is 11.7. The fraction of sp³-hybridized carbons (Fsp3) is 0.261. The van der Waals surface area contributed by atoms with Crippen LogP contribution in [0.1, 0.15) is 31.2 Å². The summed E-state index contributed by atoms with van der Waals surface area (Å²) in [5.74, 6) is 0.554. The second kappa shape index (κ2) is 8.28. The lowest BCUT2D eigenvalue weighted by Gasteiger charge is -2.18. The molecule has 0 saturated heterocycles. The number of benzene rings is 2. The van der Waals surface area contributed by atoms with Crippen LogP contribution < -0.4 is 14.9 Å². The van der Waals surface area contributed by atoms with Crippen molar-refractivity contribution in [3.05, 3.63) is 64.3 Å². The van der Waals surface area contributed by atoms with Gasteiger partial charge in [0.2, 0.25) is 4.80 Å². The molecule has 1 N–H and O–H groups in total. The zero-order valence-electron chi connectivity index (χ0n) is 16.5. The summed E-state index contributed by atoms with van der Waals surface area (Å²) in [6.07, 6.45) is 4.46. The average molecular weight is 419 g/mol. The van der Waals surface area contributed by atoms with Crippen LogP contribution in [0.3, 0.4) is 0 Å². The van der Waals surface area contributed by atoms with Crippen LogP contribution in [-0.2, 0) is 11.3 Å². The van der Waals surface area contributed by atoms with Gasteiger partial charge >= 0.3 is 0 Å². The van der Waals surface area contributed by atoms with Gasteiger partial charge in [-0.15, -0.1) is 11.3 Å². The van der Waals surface area contributed by atoms with E-state index in [1.165, 1.54) is 24.1 Å². The Morgan fingerprint density at radius 3 is 2.77 bits per heavy atom. The lowest BCUT2D eigenvalue weighted by molar-refractivity contribution is -0.118. The van der Waals surface area contributed by atoms with Crippen LogP contribution in [0.25, 0.3) is 11.3 Å². The number of amides is 1. The smallest absolute Gasteiger partial charge is 0.262 e. The first kappa shape index (κ1) is 18.8. The molecular formula is C23H22N4O2S. The van der Waals surface area contributed by atoms with E-state index in [1.54, 1.807) is 11.3 Å². The molecule has 7 heteroatoms. The summed E-state index contributed by atoms with van der Waals surface area (Å²) in [6.45, 7) is 0.667. The van der Waals surface area contributed by atoms with Crippen molar-refractivity contribution in [1.82, 2.24) is 4.68 Å². The maximum Gasteiger partial charge on any atom is 0.262 e. The third kappa shape index (κ3) is 3.93. The standard InChI is InChI=1S/C23H22N4O2S/c28-22-14-29-21-11-10-17(12-19(21)25-22)20-15-30-23(24-13-16-6-2-1-3-7-16)27(20)26-18-8-4-5-9-18/h1-3,6-7,10-12,15H,4-5,8-9,13-14H2,(H,25,28). The van der Waals surface area contributed by atoms with E-state index in [-0.39, 0.29) is 12.5 Å². The Kier molecular flexibility index (Phi) is 5.19. The Morgan fingerprint density at radius 1 is 1.10 bits per heavy atom. The van der Waals surface area contributed by atoms with Gasteiger partial charge in [0.1, 0.15) is 5.75 Å². The predicted octanol–water partition coefficient (Wildman–Crippen LogP) is 4.43. The first-order valence-electron chi connectivity index (χ1n) is 10.1. The van der Waals surface area contributed by atoms with Gasteiger partial charge in [-0.3, -0.25) is 9.79 Å².